The summed E-state index contributed by atoms with van der Waals surface area (Å²) >= 11 is 6.05. The molecule has 2 aromatic carbocycles. The molecular weight excluding hydrogens is 400 g/mol. The van der Waals surface area contributed by atoms with E-state index in [-0.39, 0.29) is 29.9 Å². The monoisotopic (exact) mass is 420 g/mol. The Kier molecular flexibility index (Phi) is 4.97. The minimum atomic E-state index is -0.746. The maximum absolute atomic E-state index is 13.8. The van der Waals surface area contributed by atoms with Crippen LogP contribution in [0.15, 0.2) is 61.2 Å². The van der Waals surface area contributed by atoms with Gasteiger partial charge in [-0.15, -0.1) is 0 Å². The summed E-state index contributed by atoms with van der Waals surface area (Å²) in [6.45, 7) is 0.743. The van der Waals surface area contributed by atoms with Crippen LogP contribution in [-0.4, -0.2) is 32.9 Å². The quantitative estimate of drug-likeness (QED) is 0.658. The van der Waals surface area contributed by atoms with Crippen LogP contribution in [0.3, 0.4) is 0 Å². The van der Waals surface area contributed by atoms with Gasteiger partial charge in [-0.2, -0.15) is 5.10 Å². The normalized spacial score (nSPS) is 26.4. The summed E-state index contributed by atoms with van der Waals surface area (Å²) in [5, 5.41) is 8.30. The Hall–Kier alpha value is -2.83. The van der Waals surface area contributed by atoms with E-state index in [2.05, 4.69) is 21.5 Å². The lowest BCUT2D eigenvalue weighted by atomic mass is 9.69. The minimum Gasteiger partial charge on any atom is -0.309 e. The van der Waals surface area contributed by atoms with Crippen LogP contribution >= 0.6 is 11.6 Å². The zero-order valence-corrected chi connectivity index (χ0v) is 17.0. The van der Waals surface area contributed by atoms with E-state index in [0.717, 1.165) is 24.1 Å². The van der Waals surface area contributed by atoms with Gasteiger partial charge in [0.25, 0.3) is 0 Å². The Morgan fingerprint density at radius 2 is 1.87 bits per heavy atom. The summed E-state index contributed by atoms with van der Waals surface area (Å²) in [6.07, 6.45) is 4.14. The summed E-state index contributed by atoms with van der Waals surface area (Å²) in [5.41, 5.74) is 3.13. The molecule has 0 radical (unpaired) electrons. The van der Waals surface area contributed by atoms with Crippen LogP contribution in [0.2, 0.25) is 5.02 Å². The number of ketones is 2. The first-order chi connectivity index (χ1) is 14.6. The van der Waals surface area contributed by atoms with Gasteiger partial charge >= 0.3 is 0 Å². The van der Waals surface area contributed by atoms with Crippen LogP contribution in [0, 0.1) is 5.92 Å². The second-order valence-electron chi connectivity index (χ2n) is 7.91. The van der Waals surface area contributed by atoms with Crippen molar-refractivity contribution in [2.45, 2.75) is 30.8 Å². The Balaban J connectivity index is 1.56. The van der Waals surface area contributed by atoms with Gasteiger partial charge in [0.1, 0.15) is 24.5 Å². The molecular formula is C23H21ClN4O2. The molecule has 3 aromatic rings. The van der Waals surface area contributed by atoms with Crippen LogP contribution in [0.4, 0.5) is 0 Å². The van der Waals surface area contributed by atoms with Gasteiger partial charge in [-0.3, -0.25) is 9.59 Å². The van der Waals surface area contributed by atoms with Crippen molar-refractivity contribution in [2.24, 2.45) is 5.92 Å². The van der Waals surface area contributed by atoms with Gasteiger partial charge in [0.15, 0.2) is 5.78 Å². The van der Waals surface area contributed by atoms with E-state index >= 15 is 0 Å². The third-order valence-corrected chi connectivity index (χ3v) is 6.50. The second-order valence-corrected chi connectivity index (χ2v) is 8.35. The molecule has 30 heavy (non-hydrogen) atoms. The molecule has 2 heterocycles. The maximum atomic E-state index is 13.8. The molecule has 1 aromatic heterocycles. The Labute approximate surface area is 179 Å². The molecule has 5 rings (SSSR count). The summed E-state index contributed by atoms with van der Waals surface area (Å²) in [5.74, 6) is -1.21. The third kappa shape index (κ3) is 3.26. The number of nitrogens with one attached hydrogen (secondary N) is 1. The van der Waals surface area contributed by atoms with E-state index in [0.29, 0.717) is 5.02 Å². The average Bonchev–Trinajstić information content (AvgIpc) is 3.28. The molecule has 0 amide bonds. The highest BCUT2D eigenvalue weighted by Gasteiger charge is 2.49. The SMILES string of the molecule is O=C1C[C@H](c2ccc(Cl)cc2)[C@H](n2cncn2)C(=O)[C@@H]1[C@H]1NCCc2ccccc21. The van der Waals surface area contributed by atoms with Crippen molar-refractivity contribution in [1.29, 1.82) is 0 Å². The van der Waals surface area contributed by atoms with Crippen molar-refractivity contribution >= 4 is 23.2 Å². The molecule has 0 unspecified atom stereocenters. The number of hydrogen-bond donors (Lipinski definition) is 1. The lowest BCUT2D eigenvalue weighted by Crippen LogP contribution is -2.48. The van der Waals surface area contributed by atoms with Crippen molar-refractivity contribution < 1.29 is 9.59 Å². The van der Waals surface area contributed by atoms with E-state index in [4.69, 9.17) is 11.6 Å². The first-order valence-corrected chi connectivity index (χ1v) is 10.5. The van der Waals surface area contributed by atoms with Gasteiger partial charge in [0, 0.05) is 23.4 Å². The number of hydrogen-bond acceptors (Lipinski definition) is 5. The van der Waals surface area contributed by atoms with Crippen molar-refractivity contribution in [1.82, 2.24) is 20.1 Å². The molecule has 7 heteroatoms. The first kappa shape index (κ1) is 19.2. The zero-order valence-electron chi connectivity index (χ0n) is 16.2. The number of fused-ring (bicyclic) bond motifs is 1. The number of Topliss-reactive ketones (excluding diaryl/α,β-unsaturated/α-hetero) is 2. The number of nitrogens with zero attached hydrogens (tertiary/aromatic N) is 3. The maximum Gasteiger partial charge on any atom is 0.170 e. The lowest BCUT2D eigenvalue weighted by molar-refractivity contribution is -0.141. The van der Waals surface area contributed by atoms with Crippen molar-refractivity contribution in [3.05, 3.63) is 82.9 Å². The third-order valence-electron chi connectivity index (χ3n) is 6.25. The van der Waals surface area contributed by atoms with Gasteiger partial charge < -0.3 is 5.32 Å². The summed E-state index contributed by atoms with van der Waals surface area (Å²) < 4.78 is 1.59. The van der Waals surface area contributed by atoms with Crippen LogP contribution in [-0.2, 0) is 16.0 Å². The van der Waals surface area contributed by atoms with Crippen molar-refractivity contribution in [3.63, 3.8) is 0 Å². The summed E-state index contributed by atoms with van der Waals surface area (Å²) in [4.78, 5) is 31.2. The zero-order chi connectivity index (χ0) is 20.7. The predicted molar refractivity (Wildman–Crippen MR) is 112 cm³/mol. The fourth-order valence-corrected chi connectivity index (χ4v) is 4.99. The molecule has 1 aliphatic heterocycles. The average molecular weight is 421 g/mol. The number of carbonyl (C=O) groups is 2. The number of carbonyl (C=O) groups excluding carboxylic acids is 2. The van der Waals surface area contributed by atoms with Gasteiger partial charge in [-0.1, -0.05) is 48.0 Å². The van der Waals surface area contributed by atoms with Gasteiger partial charge in [-0.25, -0.2) is 9.67 Å². The predicted octanol–water partition coefficient (Wildman–Crippen LogP) is 3.30. The Bertz CT molecular complexity index is 1080. The topological polar surface area (TPSA) is 76.9 Å². The highest BCUT2D eigenvalue weighted by atomic mass is 35.5. The van der Waals surface area contributed by atoms with Gasteiger partial charge in [0.2, 0.25) is 0 Å². The van der Waals surface area contributed by atoms with E-state index in [1.807, 2.05) is 30.3 Å². The number of benzene rings is 2. The Morgan fingerprint density at radius 1 is 1.07 bits per heavy atom. The number of halogens is 1. The van der Waals surface area contributed by atoms with Gasteiger partial charge in [-0.05, 0) is 41.8 Å². The second kappa shape index (κ2) is 7.78. The summed E-state index contributed by atoms with van der Waals surface area (Å²) in [6, 6.07) is 14.5. The molecule has 1 N–H and O–H groups in total. The molecule has 4 atom stereocenters. The van der Waals surface area contributed by atoms with E-state index in [9.17, 15) is 9.59 Å². The van der Waals surface area contributed by atoms with E-state index in [1.54, 1.807) is 23.1 Å². The summed E-state index contributed by atoms with van der Waals surface area (Å²) in [7, 11) is 0. The van der Waals surface area contributed by atoms with Gasteiger partial charge in [0.05, 0.1) is 5.92 Å². The fraction of sp³-hybridized carbons (Fsp3) is 0.304. The molecule has 0 spiro atoms. The van der Waals surface area contributed by atoms with Crippen LogP contribution in [0.1, 0.15) is 41.1 Å². The Morgan fingerprint density at radius 3 is 2.63 bits per heavy atom. The lowest BCUT2D eigenvalue weighted by Gasteiger charge is -2.39. The fourth-order valence-electron chi connectivity index (χ4n) is 4.87. The molecule has 1 saturated carbocycles. The standard InChI is InChI=1S/C23H21ClN4O2/c24-16-7-5-15(6-8-16)18-11-19(29)20(23(30)22(18)28-13-25-12-27-28)21-17-4-2-1-3-14(17)9-10-26-21/h1-8,12-13,18,20-22,26H,9-11H2/t18-,20+,21+,22+/m1/s1. The highest BCUT2D eigenvalue weighted by Crippen LogP contribution is 2.44. The minimum absolute atomic E-state index is 0.0366. The van der Waals surface area contributed by atoms with E-state index in [1.165, 1.54) is 11.9 Å². The van der Waals surface area contributed by atoms with E-state index < -0.39 is 12.0 Å². The number of rotatable bonds is 3. The molecule has 0 saturated heterocycles. The molecule has 6 nitrogen and oxygen atoms in total. The van der Waals surface area contributed by atoms with Crippen LogP contribution in [0.25, 0.3) is 0 Å². The van der Waals surface area contributed by atoms with Crippen LogP contribution < -0.4 is 5.32 Å². The van der Waals surface area contributed by atoms with Crippen molar-refractivity contribution in [2.75, 3.05) is 6.54 Å². The molecule has 1 aliphatic carbocycles. The molecule has 0 bridgehead atoms. The largest absolute Gasteiger partial charge is 0.309 e. The smallest absolute Gasteiger partial charge is 0.170 e. The highest BCUT2D eigenvalue weighted by molar-refractivity contribution is 6.30. The molecule has 2 aliphatic rings. The van der Waals surface area contributed by atoms with Crippen molar-refractivity contribution in [3.8, 4) is 0 Å². The van der Waals surface area contributed by atoms with Crippen LogP contribution in [0.5, 0.6) is 0 Å². The number of aromatic nitrogens is 3. The molecule has 1 fully saturated rings. The molecule has 152 valence electrons. The first-order valence-electron chi connectivity index (χ1n) is 10.1.